The molecule has 4 aromatic rings. The molecule has 3 heterocycles. The molecule has 2 atom stereocenters. The second-order valence-electron chi connectivity index (χ2n) is 8.92. The van der Waals surface area contributed by atoms with Crippen molar-refractivity contribution in [3.63, 3.8) is 0 Å². The van der Waals surface area contributed by atoms with E-state index >= 15 is 0 Å². The fraction of sp³-hybridized carbons (Fsp3) is 0.241. The summed E-state index contributed by atoms with van der Waals surface area (Å²) in [6.07, 6.45) is 1.84. The first-order valence-electron chi connectivity index (χ1n) is 12.0. The molecule has 35 heavy (non-hydrogen) atoms. The highest BCUT2D eigenvalue weighted by Gasteiger charge is 2.42. The summed E-state index contributed by atoms with van der Waals surface area (Å²) < 4.78 is 8.00. The number of aryl methyl sites for hydroxylation is 2. The molecule has 2 unspecified atom stereocenters. The number of hydrogen-bond donors (Lipinski definition) is 1. The number of pyridine rings is 1. The Hall–Kier alpha value is -3.64. The van der Waals surface area contributed by atoms with Crippen LogP contribution in [-0.2, 0) is 0 Å². The first-order valence-corrected chi connectivity index (χ1v) is 12.4. The molecule has 6 heteroatoms. The molecule has 0 saturated carbocycles. The second kappa shape index (κ2) is 9.55. The van der Waals surface area contributed by atoms with Gasteiger partial charge in [0.05, 0.1) is 24.4 Å². The Balaban J connectivity index is 1.64. The van der Waals surface area contributed by atoms with Crippen LogP contribution in [0, 0.1) is 20.8 Å². The van der Waals surface area contributed by atoms with Gasteiger partial charge in [-0.15, -0.1) is 0 Å². The van der Waals surface area contributed by atoms with E-state index in [0.717, 1.165) is 17.1 Å². The van der Waals surface area contributed by atoms with Crippen molar-refractivity contribution in [2.45, 2.75) is 39.8 Å². The highest BCUT2D eigenvalue weighted by atomic mass is 32.1. The third-order valence-electron chi connectivity index (χ3n) is 6.57. The zero-order valence-corrected chi connectivity index (χ0v) is 21.3. The van der Waals surface area contributed by atoms with Gasteiger partial charge >= 0.3 is 0 Å². The summed E-state index contributed by atoms with van der Waals surface area (Å²) in [6.45, 7) is 9.11. The summed E-state index contributed by atoms with van der Waals surface area (Å²) in [6, 6.07) is 25.0. The van der Waals surface area contributed by atoms with E-state index in [9.17, 15) is 0 Å². The van der Waals surface area contributed by atoms with Crippen LogP contribution < -0.4 is 15.0 Å². The predicted molar refractivity (Wildman–Crippen MR) is 146 cm³/mol. The molecule has 1 aliphatic heterocycles. The largest absolute Gasteiger partial charge is 0.494 e. The summed E-state index contributed by atoms with van der Waals surface area (Å²) in [5.41, 5.74) is 8.00. The molecule has 178 valence electrons. The molecule has 0 spiro atoms. The minimum atomic E-state index is -0.0817. The van der Waals surface area contributed by atoms with E-state index < -0.39 is 0 Å². The maximum absolute atomic E-state index is 5.90. The van der Waals surface area contributed by atoms with Crippen LogP contribution in [0.4, 0.5) is 5.69 Å². The van der Waals surface area contributed by atoms with E-state index in [4.69, 9.17) is 21.9 Å². The van der Waals surface area contributed by atoms with Crippen LogP contribution in [0.1, 0.15) is 47.2 Å². The summed E-state index contributed by atoms with van der Waals surface area (Å²) in [5.74, 6) is 0.852. The van der Waals surface area contributed by atoms with Gasteiger partial charge in [0.25, 0.3) is 0 Å². The minimum absolute atomic E-state index is 0.0555. The SMILES string of the molecule is CCOc1ccc(N2C(=S)NC(c3ccccn3)C2c2cc(C)n(-c3cccc(C)c3)c2C)cc1. The van der Waals surface area contributed by atoms with E-state index in [1.807, 2.05) is 37.4 Å². The van der Waals surface area contributed by atoms with Crippen LogP contribution in [0.3, 0.4) is 0 Å². The standard InChI is InChI=1S/C29H30N4OS/c1-5-34-24-14-12-22(13-15-24)33-28(27(31-29(33)35)26-11-6-7-16-30-26)25-18-20(3)32(21(25)4)23-10-8-9-19(2)17-23/h6-18,27-28H,5H2,1-4H3,(H,31,35). The van der Waals surface area contributed by atoms with E-state index in [0.29, 0.717) is 11.7 Å². The van der Waals surface area contributed by atoms with Gasteiger partial charge in [0, 0.05) is 29.0 Å². The van der Waals surface area contributed by atoms with Crippen LogP contribution in [0.15, 0.2) is 79.0 Å². The monoisotopic (exact) mass is 482 g/mol. The van der Waals surface area contributed by atoms with Crippen LogP contribution in [-0.4, -0.2) is 21.3 Å². The summed E-state index contributed by atoms with van der Waals surface area (Å²) in [5, 5.41) is 4.26. The van der Waals surface area contributed by atoms with Gasteiger partial charge in [-0.25, -0.2) is 0 Å². The van der Waals surface area contributed by atoms with Gasteiger partial charge < -0.3 is 19.5 Å². The lowest BCUT2D eigenvalue weighted by molar-refractivity contribution is 0.340. The Labute approximate surface area is 212 Å². The first-order chi connectivity index (χ1) is 17.0. The fourth-order valence-electron chi connectivity index (χ4n) is 5.07. The Morgan fingerprint density at radius 1 is 0.943 bits per heavy atom. The fourth-order valence-corrected chi connectivity index (χ4v) is 5.42. The maximum Gasteiger partial charge on any atom is 0.174 e. The van der Waals surface area contributed by atoms with Crippen LogP contribution in [0.2, 0.25) is 0 Å². The number of rotatable bonds is 6. The van der Waals surface area contributed by atoms with Crippen LogP contribution in [0.25, 0.3) is 5.69 Å². The Bertz CT molecular complexity index is 1350. The number of thiocarbonyl (C=S) groups is 1. The molecule has 0 aliphatic carbocycles. The number of benzene rings is 2. The number of aromatic nitrogens is 2. The molecule has 0 bridgehead atoms. The molecule has 1 aliphatic rings. The van der Waals surface area contributed by atoms with Crippen molar-refractivity contribution >= 4 is 23.0 Å². The lowest BCUT2D eigenvalue weighted by Gasteiger charge is -2.28. The van der Waals surface area contributed by atoms with E-state index in [2.05, 4.69) is 84.1 Å². The number of nitrogens with one attached hydrogen (secondary N) is 1. The number of nitrogens with zero attached hydrogens (tertiary/aromatic N) is 3. The maximum atomic E-state index is 5.90. The molecule has 1 fully saturated rings. The first kappa shape index (κ1) is 23.1. The normalized spacial score (nSPS) is 17.5. The van der Waals surface area contributed by atoms with Crippen molar-refractivity contribution in [1.82, 2.24) is 14.9 Å². The van der Waals surface area contributed by atoms with E-state index in [-0.39, 0.29) is 12.1 Å². The predicted octanol–water partition coefficient (Wildman–Crippen LogP) is 6.37. The number of hydrogen-bond acceptors (Lipinski definition) is 3. The van der Waals surface area contributed by atoms with Crippen LogP contribution >= 0.6 is 12.2 Å². The zero-order chi connectivity index (χ0) is 24.5. The van der Waals surface area contributed by atoms with Gasteiger partial charge in [-0.05, 0) is 106 Å². The third kappa shape index (κ3) is 4.30. The van der Waals surface area contributed by atoms with Crippen molar-refractivity contribution in [1.29, 1.82) is 0 Å². The lowest BCUT2D eigenvalue weighted by Crippen LogP contribution is -2.29. The van der Waals surface area contributed by atoms with Gasteiger partial charge in [0.15, 0.2) is 5.11 Å². The quantitative estimate of drug-likeness (QED) is 0.323. The highest BCUT2D eigenvalue weighted by molar-refractivity contribution is 7.80. The molecule has 5 nitrogen and oxygen atoms in total. The average molecular weight is 483 g/mol. The summed E-state index contributed by atoms with van der Waals surface area (Å²) >= 11 is 5.90. The molecule has 0 amide bonds. The Kier molecular flexibility index (Phi) is 6.31. The zero-order valence-electron chi connectivity index (χ0n) is 20.5. The second-order valence-corrected chi connectivity index (χ2v) is 9.31. The molecule has 0 radical (unpaired) electrons. The molecule has 2 aromatic heterocycles. The van der Waals surface area contributed by atoms with Gasteiger partial charge in [-0.3, -0.25) is 4.98 Å². The topological polar surface area (TPSA) is 42.3 Å². The van der Waals surface area contributed by atoms with Crippen molar-refractivity contribution in [3.05, 3.63) is 107 Å². The number of anilines is 1. The van der Waals surface area contributed by atoms with Crippen molar-refractivity contribution in [2.75, 3.05) is 11.5 Å². The van der Waals surface area contributed by atoms with E-state index in [1.54, 1.807) is 0 Å². The lowest BCUT2D eigenvalue weighted by atomic mass is 9.96. The van der Waals surface area contributed by atoms with Gasteiger partial charge in [0.2, 0.25) is 0 Å². The van der Waals surface area contributed by atoms with Crippen molar-refractivity contribution in [3.8, 4) is 11.4 Å². The molecule has 2 aromatic carbocycles. The molecule has 5 rings (SSSR count). The minimum Gasteiger partial charge on any atom is -0.494 e. The van der Waals surface area contributed by atoms with Gasteiger partial charge in [0.1, 0.15) is 5.75 Å². The van der Waals surface area contributed by atoms with E-state index in [1.165, 1.54) is 28.2 Å². The average Bonchev–Trinajstić information content (AvgIpc) is 3.35. The molecular weight excluding hydrogens is 452 g/mol. The van der Waals surface area contributed by atoms with Crippen molar-refractivity contribution in [2.24, 2.45) is 0 Å². The summed E-state index contributed by atoms with van der Waals surface area (Å²) in [4.78, 5) is 6.91. The van der Waals surface area contributed by atoms with Crippen LogP contribution in [0.5, 0.6) is 5.75 Å². The van der Waals surface area contributed by atoms with Crippen molar-refractivity contribution < 1.29 is 4.74 Å². The van der Waals surface area contributed by atoms with Gasteiger partial charge in [-0.1, -0.05) is 18.2 Å². The summed E-state index contributed by atoms with van der Waals surface area (Å²) in [7, 11) is 0. The molecule has 1 N–H and O–H groups in total. The molecule has 1 saturated heterocycles. The smallest absolute Gasteiger partial charge is 0.174 e. The third-order valence-corrected chi connectivity index (χ3v) is 6.89. The Morgan fingerprint density at radius 2 is 1.74 bits per heavy atom. The highest BCUT2D eigenvalue weighted by Crippen LogP contribution is 2.44. The Morgan fingerprint density at radius 3 is 2.43 bits per heavy atom. The van der Waals surface area contributed by atoms with Gasteiger partial charge in [-0.2, -0.15) is 0 Å². The number of ether oxygens (including phenoxy) is 1. The molecular formula is C29H30N4OS.